The third-order valence-corrected chi connectivity index (χ3v) is 3.22. The van der Waals surface area contributed by atoms with E-state index in [0.29, 0.717) is 19.6 Å². The Hall–Kier alpha value is -1.39. The van der Waals surface area contributed by atoms with Crippen LogP contribution in [0.25, 0.3) is 0 Å². The fraction of sp³-hybridized carbons (Fsp3) is 0.500. The average molecular weight is 248 g/mol. The Morgan fingerprint density at radius 2 is 2.17 bits per heavy atom. The van der Waals surface area contributed by atoms with Crippen LogP contribution in [0.5, 0.6) is 0 Å². The zero-order chi connectivity index (χ0) is 13.0. The number of hydrogen-bond donors (Lipinski definition) is 2. The highest BCUT2D eigenvalue weighted by Crippen LogP contribution is 2.07. The minimum atomic E-state index is -0.269. The lowest BCUT2D eigenvalue weighted by atomic mass is 10.1. The molecular formula is C14H20N2O2. The van der Waals surface area contributed by atoms with Crippen LogP contribution in [0, 0.1) is 6.92 Å². The number of amides is 1. The van der Waals surface area contributed by atoms with E-state index in [1.165, 1.54) is 5.56 Å². The molecule has 1 fully saturated rings. The first-order valence-electron chi connectivity index (χ1n) is 6.36. The van der Waals surface area contributed by atoms with Gasteiger partial charge in [0, 0.05) is 19.6 Å². The van der Waals surface area contributed by atoms with Crippen molar-refractivity contribution in [1.82, 2.24) is 10.2 Å². The van der Waals surface area contributed by atoms with Gasteiger partial charge in [0.15, 0.2) is 0 Å². The molecule has 1 aromatic carbocycles. The summed E-state index contributed by atoms with van der Waals surface area (Å²) in [5.41, 5.74) is 2.33. The maximum absolute atomic E-state index is 11.7. The van der Waals surface area contributed by atoms with E-state index in [9.17, 15) is 9.90 Å². The van der Waals surface area contributed by atoms with Gasteiger partial charge >= 0.3 is 0 Å². The van der Waals surface area contributed by atoms with Crippen molar-refractivity contribution in [2.24, 2.45) is 0 Å². The molecule has 0 saturated carbocycles. The smallest absolute Gasteiger partial charge is 0.234 e. The lowest BCUT2D eigenvalue weighted by Crippen LogP contribution is -2.36. The van der Waals surface area contributed by atoms with Gasteiger partial charge in [0.2, 0.25) is 5.91 Å². The van der Waals surface area contributed by atoms with E-state index in [1.54, 1.807) is 0 Å². The van der Waals surface area contributed by atoms with Crippen molar-refractivity contribution in [1.29, 1.82) is 0 Å². The maximum atomic E-state index is 11.7. The van der Waals surface area contributed by atoms with Crippen LogP contribution in [0.15, 0.2) is 24.3 Å². The average Bonchev–Trinajstić information content (AvgIpc) is 2.74. The molecule has 2 N–H and O–H groups in total. The van der Waals surface area contributed by atoms with Crippen LogP contribution in [0.4, 0.5) is 0 Å². The van der Waals surface area contributed by atoms with Crippen LogP contribution in [0.1, 0.15) is 17.5 Å². The van der Waals surface area contributed by atoms with Crippen molar-refractivity contribution in [3.8, 4) is 0 Å². The molecule has 0 unspecified atom stereocenters. The van der Waals surface area contributed by atoms with Gasteiger partial charge in [0.05, 0.1) is 12.6 Å². The number of carbonyl (C=O) groups excluding carboxylic acids is 1. The molecule has 1 aliphatic rings. The van der Waals surface area contributed by atoms with Crippen LogP contribution in [-0.2, 0) is 11.3 Å². The molecule has 1 atom stereocenters. The number of likely N-dealkylation sites (tertiary alicyclic amines) is 1. The summed E-state index contributed by atoms with van der Waals surface area (Å²) in [5.74, 6) is 0.0182. The number of aliphatic hydroxyl groups is 1. The Morgan fingerprint density at radius 1 is 1.44 bits per heavy atom. The van der Waals surface area contributed by atoms with E-state index >= 15 is 0 Å². The van der Waals surface area contributed by atoms with Crippen LogP contribution < -0.4 is 5.32 Å². The number of benzene rings is 1. The van der Waals surface area contributed by atoms with Gasteiger partial charge in [-0.2, -0.15) is 0 Å². The molecule has 1 aromatic rings. The van der Waals surface area contributed by atoms with Crippen molar-refractivity contribution in [2.75, 3.05) is 19.6 Å². The van der Waals surface area contributed by atoms with E-state index in [0.717, 1.165) is 18.5 Å². The first kappa shape index (κ1) is 13.1. The van der Waals surface area contributed by atoms with E-state index in [2.05, 4.69) is 5.32 Å². The third kappa shape index (κ3) is 3.82. The maximum Gasteiger partial charge on any atom is 0.234 e. The van der Waals surface area contributed by atoms with E-state index in [-0.39, 0.29) is 12.0 Å². The topological polar surface area (TPSA) is 52.6 Å². The fourth-order valence-electron chi connectivity index (χ4n) is 2.12. The molecule has 1 aliphatic heterocycles. The molecule has 18 heavy (non-hydrogen) atoms. The zero-order valence-electron chi connectivity index (χ0n) is 10.7. The van der Waals surface area contributed by atoms with Gasteiger partial charge in [-0.3, -0.25) is 9.69 Å². The SMILES string of the molecule is Cc1ccc(CNC(=O)CN2CC[C@H](O)C2)cc1. The van der Waals surface area contributed by atoms with Crippen LogP contribution in [-0.4, -0.2) is 41.7 Å². The zero-order valence-corrected chi connectivity index (χ0v) is 10.7. The second kappa shape index (κ2) is 5.98. The van der Waals surface area contributed by atoms with Crippen molar-refractivity contribution < 1.29 is 9.90 Å². The molecule has 4 nitrogen and oxygen atoms in total. The van der Waals surface area contributed by atoms with Crippen LogP contribution in [0.3, 0.4) is 0 Å². The number of rotatable bonds is 4. The number of hydrogen-bond acceptors (Lipinski definition) is 3. The minimum absolute atomic E-state index is 0.0182. The van der Waals surface area contributed by atoms with Crippen LogP contribution in [0.2, 0.25) is 0 Å². The molecule has 2 rings (SSSR count). The molecule has 1 amide bonds. The molecule has 0 aliphatic carbocycles. The molecule has 0 radical (unpaired) electrons. The molecule has 1 heterocycles. The fourth-order valence-corrected chi connectivity index (χ4v) is 2.12. The Kier molecular flexibility index (Phi) is 4.33. The second-order valence-electron chi connectivity index (χ2n) is 4.94. The van der Waals surface area contributed by atoms with Crippen molar-refractivity contribution in [3.05, 3.63) is 35.4 Å². The largest absolute Gasteiger partial charge is 0.392 e. The highest BCUT2D eigenvalue weighted by Gasteiger charge is 2.21. The minimum Gasteiger partial charge on any atom is -0.392 e. The number of carbonyl (C=O) groups is 1. The molecule has 0 aromatic heterocycles. The predicted octanol–water partition coefficient (Wildman–Crippen LogP) is 0.678. The number of aliphatic hydroxyl groups excluding tert-OH is 1. The monoisotopic (exact) mass is 248 g/mol. The first-order chi connectivity index (χ1) is 8.63. The van der Waals surface area contributed by atoms with Crippen molar-refractivity contribution >= 4 is 5.91 Å². The summed E-state index contributed by atoms with van der Waals surface area (Å²) in [4.78, 5) is 13.7. The third-order valence-electron chi connectivity index (χ3n) is 3.22. The summed E-state index contributed by atoms with van der Waals surface area (Å²) in [6, 6.07) is 8.13. The molecule has 4 heteroatoms. The summed E-state index contributed by atoms with van der Waals surface area (Å²) in [6.45, 7) is 4.40. The van der Waals surface area contributed by atoms with Gasteiger partial charge in [-0.25, -0.2) is 0 Å². The van der Waals surface area contributed by atoms with Gasteiger partial charge in [-0.05, 0) is 18.9 Å². The normalized spacial score (nSPS) is 20.0. The summed E-state index contributed by atoms with van der Waals surface area (Å²) in [5, 5.41) is 12.3. The molecular weight excluding hydrogens is 228 g/mol. The lowest BCUT2D eigenvalue weighted by Gasteiger charge is -2.14. The highest BCUT2D eigenvalue weighted by atomic mass is 16.3. The van der Waals surface area contributed by atoms with Crippen molar-refractivity contribution in [3.63, 3.8) is 0 Å². The first-order valence-corrected chi connectivity index (χ1v) is 6.36. The van der Waals surface area contributed by atoms with Crippen LogP contribution >= 0.6 is 0 Å². The molecule has 98 valence electrons. The Morgan fingerprint density at radius 3 is 2.78 bits per heavy atom. The quantitative estimate of drug-likeness (QED) is 0.824. The number of aryl methyl sites for hydroxylation is 1. The van der Waals surface area contributed by atoms with Gasteiger partial charge in [0.1, 0.15) is 0 Å². The second-order valence-corrected chi connectivity index (χ2v) is 4.94. The van der Waals surface area contributed by atoms with E-state index in [1.807, 2.05) is 36.1 Å². The Labute approximate surface area is 108 Å². The standard InChI is InChI=1S/C14H20N2O2/c1-11-2-4-12(5-3-11)8-15-14(18)10-16-7-6-13(17)9-16/h2-5,13,17H,6-10H2,1H3,(H,15,18)/t13-/m0/s1. The van der Waals surface area contributed by atoms with Crippen molar-refractivity contribution in [2.45, 2.75) is 26.0 Å². The summed E-state index contributed by atoms with van der Waals surface area (Å²) in [7, 11) is 0. The van der Waals surface area contributed by atoms with E-state index in [4.69, 9.17) is 0 Å². The number of nitrogens with zero attached hydrogens (tertiary/aromatic N) is 1. The van der Waals surface area contributed by atoms with Gasteiger partial charge in [-0.15, -0.1) is 0 Å². The van der Waals surface area contributed by atoms with E-state index < -0.39 is 0 Å². The number of nitrogens with one attached hydrogen (secondary N) is 1. The molecule has 0 bridgehead atoms. The molecule has 1 saturated heterocycles. The summed E-state index contributed by atoms with van der Waals surface area (Å²) >= 11 is 0. The summed E-state index contributed by atoms with van der Waals surface area (Å²) in [6.07, 6.45) is 0.500. The number of β-amino-alcohol motifs (C(OH)–C–C–N with tert-alkyl or cyclic N) is 1. The molecule has 0 spiro atoms. The predicted molar refractivity (Wildman–Crippen MR) is 70.1 cm³/mol. The lowest BCUT2D eigenvalue weighted by molar-refractivity contribution is -0.122. The highest BCUT2D eigenvalue weighted by molar-refractivity contribution is 5.78. The van der Waals surface area contributed by atoms with Gasteiger partial charge in [-0.1, -0.05) is 29.8 Å². The Balaban J connectivity index is 1.73. The van der Waals surface area contributed by atoms with Gasteiger partial charge < -0.3 is 10.4 Å². The Bertz CT molecular complexity index is 403. The van der Waals surface area contributed by atoms with Gasteiger partial charge in [0.25, 0.3) is 0 Å². The summed E-state index contributed by atoms with van der Waals surface area (Å²) < 4.78 is 0.